The summed E-state index contributed by atoms with van der Waals surface area (Å²) < 4.78 is 1.11. The molecule has 8 aromatic carbocycles. The van der Waals surface area contributed by atoms with Gasteiger partial charge in [-0.1, -0.05) is 162 Å². The zero-order chi connectivity index (χ0) is 35.4. The molecule has 0 atom stereocenters. The van der Waals surface area contributed by atoms with Crippen molar-refractivity contribution in [2.45, 2.75) is 12.0 Å². The van der Waals surface area contributed by atoms with E-state index in [1.807, 2.05) is 0 Å². The molecule has 3 heteroatoms. The van der Waals surface area contributed by atoms with Crippen molar-refractivity contribution >= 4 is 44.4 Å². The second-order valence-electron chi connectivity index (χ2n) is 13.8. The molecule has 2 aliphatic rings. The summed E-state index contributed by atoms with van der Waals surface area (Å²) in [5.74, 6) is 0. The second-order valence-corrected chi connectivity index (χ2v) is 14.7. The molecule has 0 N–H and O–H groups in total. The van der Waals surface area contributed by atoms with E-state index in [0.29, 0.717) is 6.54 Å². The van der Waals surface area contributed by atoms with Crippen LogP contribution in [0.15, 0.2) is 205 Å². The predicted molar refractivity (Wildman–Crippen MR) is 224 cm³/mol. The molecule has 0 saturated heterocycles. The number of halogens is 1. The first-order valence-electron chi connectivity index (χ1n) is 18.2. The predicted octanol–water partition coefficient (Wildman–Crippen LogP) is 13.6. The molecule has 0 fully saturated rings. The molecule has 252 valence electrons. The van der Waals surface area contributed by atoms with Gasteiger partial charge in [0.05, 0.1) is 16.8 Å². The number of fused-ring (bicyclic) bond motifs is 8. The number of nitrogens with zero attached hydrogens (tertiary/aromatic N) is 2. The molecule has 0 bridgehead atoms. The highest BCUT2D eigenvalue weighted by Crippen LogP contribution is 2.63. The van der Waals surface area contributed by atoms with Gasteiger partial charge in [0, 0.05) is 28.1 Å². The first-order chi connectivity index (χ1) is 26.2. The SMILES string of the molecule is Brc1ccccc1CN1c2ccc(-c3ccccc3)cc2C2(c3cc(-c4ccccc4)ccc31)c1ccccc1N(c1ccccc1)c1ccccc12. The van der Waals surface area contributed by atoms with E-state index in [-0.39, 0.29) is 0 Å². The van der Waals surface area contributed by atoms with Crippen LogP contribution >= 0.6 is 15.9 Å². The summed E-state index contributed by atoms with van der Waals surface area (Å²) in [6, 6.07) is 73.4. The highest BCUT2D eigenvalue weighted by atomic mass is 79.9. The lowest BCUT2D eigenvalue weighted by Gasteiger charge is -2.51. The highest BCUT2D eigenvalue weighted by molar-refractivity contribution is 9.10. The van der Waals surface area contributed by atoms with Crippen molar-refractivity contribution in [3.05, 3.63) is 232 Å². The van der Waals surface area contributed by atoms with Crippen LogP contribution in [0.4, 0.5) is 28.4 Å². The topological polar surface area (TPSA) is 6.48 Å². The van der Waals surface area contributed by atoms with E-state index in [0.717, 1.165) is 10.2 Å². The van der Waals surface area contributed by atoms with Crippen molar-refractivity contribution in [3.8, 4) is 22.3 Å². The summed E-state index contributed by atoms with van der Waals surface area (Å²) in [6.45, 7) is 0.715. The zero-order valence-corrected chi connectivity index (χ0v) is 30.6. The molecule has 1 spiro atoms. The molecule has 2 nitrogen and oxygen atoms in total. The number of para-hydroxylation sites is 3. The van der Waals surface area contributed by atoms with E-state index in [1.54, 1.807) is 0 Å². The fourth-order valence-corrected chi connectivity index (χ4v) is 9.10. The zero-order valence-electron chi connectivity index (χ0n) is 29.0. The molecule has 10 rings (SSSR count). The van der Waals surface area contributed by atoms with Crippen molar-refractivity contribution < 1.29 is 0 Å². The Balaban J connectivity index is 1.35. The molecule has 0 unspecified atom stereocenters. The largest absolute Gasteiger partial charge is 0.336 e. The quantitative estimate of drug-likeness (QED) is 0.173. The Morgan fingerprint density at radius 2 is 0.830 bits per heavy atom. The van der Waals surface area contributed by atoms with Gasteiger partial charge >= 0.3 is 0 Å². The minimum Gasteiger partial charge on any atom is -0.336 e. The van der Waals surface area contributed by atoms with Crippen LogP contribution in [0.25, 0.3) is 22.3 Å². The van der Waals surface area contributed by atoms with Crippen molar-refractivity contribution in [1.82, 2.24) is 0 Å². The Kier molecular flexibility index (Phi) is 7.63. The fourth-order valence-electron chi connectivity index (χ4n) is 8.69. The van der Waals surface area contributed by atoms with Gasteiger partial charge in [-0.15, -0.1) is 0 Å². The highest BCUT2D eigenvalue weighted by Gasteiger charge is 2.52. The van der Waals surface area contributed by atoms with E-state index in [2.05, 4.69) is 226 Å². The fraction of sp³-hybridized carbons (Fsp3) is 0.0400. The lowest BCUT2D eigenvalue weighted by atomic mass is 9.59. The Bertz CT molecular complexity index is 2480. The maximum atomic E-state index is 3.90. The number of benzene rings is 8. The molecule has 2 heterocycles. The summed E-state index contributed by atoms with van der Waals surface area (Å²) in [7, 11) is 0. The monoisotopic (exact) mass is 742 g/mol. The Morgan fingerprint density at radius 1 is 0.377 bits per heavy atom. The third kappa shape index (κ3) is 4.99. The van der Waals surface area contributed by atoms with Gasteiger partial charge < -0.3 is 9.80 Å². The van der Waals surface area contributed by atoms with Crippen LogP contribution in [0.1, 0.15) is 27.8 Å². The summed E-state index contributed by atoms with van der Waals surface area (Å²) >= 11 is 3.90. The molecule has 0 amide bonds. The first-order valence-corrected chi connectivity index (χ1v) is 19.0. The Morgan fingerprint density at radius 3 is 1.36 bits per heavy atom. The summed E-state index contributed by atoms with van der Waals surface area (Å²) in [5.41, 5.74) is 16.4. The van der Waals surface area contributed by atoms with Crippen LogP contribution in [0.2, 0.25) is 0 Å². The average molecular weight is 744 g/mol. The second kappa shape index (κ2) is 12.8. The van der Waals surface area contributed by atoms with Crippen LogP contribution in [0.3, 0.4) is 0 Å². The Labute approximate surface area is 319 Å². The molecule has 0 aliphatic carbocycles. The van der Waals surface area contributed by atoms with Gasteiger partial charge in [-0.3, -0.25) is 0 Å². The smallest absolute Gasteiger partial charge is 0.0783 e. The van der Waals surface area contributed by atoms with Gasteiger partial charge in [-0.05, 0) is 105 Å². The van der Waals surface area contributed by atoms with Crippen LogP contribution in [0.5, 0.6) is 0 Å². The van der Waals surface area contributed by atoms with Gasteiger partial charge in [0.25, 0.3) is 0 Å². The van der Waals surface area contributed by atoms with Crippen molar-refractivity contribution in [2.24, 2.45) is 0 Å². The lowest BCUT2D eigenvalue weighted by Crippen LogP contribution is -2.42. The molecule has 0 radical (unpaired) electrons. The molecular weight excluding hydrogens is 708 g/mol. The maximum Gasteiger partial charge on any atom is 0.0783 e. The standard InChI is InChI=1S/C50H35BrN2/c51-45-25-13-10-20-39(45)34-52-46-30-28-37(35-16-4-1-5-17-35)32-43(46)50(44-33-38(29-31-47(44)52)36-18-6-2-7-19-36)41-23-11-14-26-48(41)53(40-21-8-3-9-22-40)49-27-15-12-24-42(49)50/h1-33H,34H2. The molecular formula is C50H35BrN2. The number of hydrogen-bond donors (Lipinski definition) is 0. The third-order valence-electron chi connectivity index (χ3n) is 11.0. The lowest BCUT2D eigenvalue weighted by molar-refractivity contribution is 0.705. The van der Waals surface area contributed by atoms with Gasteiger partial charge in [0.1, 0.15) is 0 Å². The molecule has 2 aliphatic heterocycles. The molecule has 0 saturated carbocycles. The van der Waals surface area contributed by atoms with E-state index >= 15 is 0 Å². The van der Waals surface area contributed by atoms with Gasteiger partial charge in [-0.2, -0.15) is 0 Å². The minimum absolute atomic E-state index is 0.636. The third-order valence-corrected chi connectivity index (χ3v) is 11.8. The Hall–Kier alpha value is -6.16. The molecule has 8 aromatic rings. The maximum absolute atomic E-state index is 3.90. The summed E-state index contributed by atoms with van der Waals surface area (Å²) in [6.07, 6.45) is 0. The first kappa shape index (κ1) is 31.6. The van der Waals surface area contributed by atoms with Crippen molar-refractivity contribution in [1.29, 1.82) is 0 Å². The van der Waals surface area contributed by atoms with Crippen LogP contribution in [-0.4, -0.2) is 0 Å². The number of hydrogen-bond acceptors (Lipinski definition) is 2. The van der Waals surface area contributed by atoms with E-state index < -0.39 is 5.41 Å². The molecule has 0 aromatic heterocycles. The van der Waals surface area contributed by atoms with Gasteiger partial charge in [0.2, 0.25) is 0 Å². The van der Waals surface area contributed by atoms with E-state index in [9.17, 15) is 0 Å². The summed E-state index contributed by atoms with van der Waals surface area (Å²) in [5, 5.41) is 0. The van der Waals surface area contributed by atoms with Crippen LogP contribution < -0.4 is 9.80 Å². The van der Waals surface area contributed by atoms with Crippen LogP contribution in [-0.2, 0) is 12.0 Å². The number of anilines is 5. The normalized spacial score (nSPS) is 13.5. The van der Waals surface area contributed by atoms with E-state index in [4.69, 9.17) is 0 Å². The van der Waals surface area contributed by atoms with Gasteiger partial charge in [0.15, 0.2) is 0 Å². The van der Waals surface area contributed by atoms with Crippen molar-refractivity contribution in [2.75, 3.05) is 9.80 Å². The molecule has 53 heavy (non-hydrogen) atoms. The summed E-state index contributed by atoms with van der Waals surface area (Å²) in [4.78, 5) is 4.99. The van der Waals surface area contributed by atoms with Gasteiger partial charge in [-0.25, -0.2) is 0 Å². The van der Waals surface area contributed by atoms with Crippen LogP contribution in [0, 0.1) is 0 Å². The number of rotatable bonds is 5. The average Bonchev–Trinajstić information content (AvgIpc) is 3.23. The van der Waals surface area contributed by atoms with E-state index in [1.165, 1.54) is 72.8 Å². The minimum atomic E-state index is -0.636. The van der Waals surface area contributed by atoms with Crippen molar-refractivity contribution in [3.63, 3.8) is 0 Å².